The number of hydrogen-bond donors (Lipinski definition) is 0. The Balaban J connectivity index is 1.86. The summed E-state index contributed by atoms with van der Waals surface area (Å²) in [6.45, 7) is 9.92. The molecule has 132 valence electrons. The smallest absolute Gasteiger partial charge is 0.334 e. The maximum atomic E-state index is 12.7. The van der Waals surface area contributed by atoms with Crippen LogP contribution >= 0.6 is 0 Å². The lowest BCUT2D eigenvalue weighted by molar-refractivity contribution is -0.161. The molecule has 3 rings (SSSR count). The van der Waals surface area contributed by atoms with Crippen molar-refractivity contribution in [3.05, 3.63) is 23.8 Å². The molecule has 0 aromatic rings. The number of hydrogen-bond acceptors (Lipinski definition) is 4. The highest BCUT2D eigenvalue weighted by Crippen LogP contribution is 2.46. The number of epoxide rings is 1. The van der Waals surface area contributed by atoms with Crippen molar-refractivity contribution in [2.45, 2.75) is 83.0 Å². The van der Waals surface area contributed by atoms with E-state index in [0.717, 1.165) is 32.1 Å². The Morgan fingerprint density at radius 2 is 1.96 bits per heavy atom. The Bertz CT molecular complexity index is 605. The standard InChI is InChI=1S/C20H28O4/c1-13-6-5-10-20(4)17(23-20)12-15-9-11-19(3,16(21)8-7-13)24-18(22)14(15)2/h6,15,17H,2,5,7-12H2,1,3-4H3/b13-6+/t15-,17+,19-,20?/m1/s1. The summed E-state index contributed by atoms with van der Waals surface area (Å²) in [6.07, 6.45) is 7.56. The first-order chi connectivity index (χ1) is 11.2. The third kappa shape index (κ3) is 3.34. The van der Waals surface area contributed by atoms with Crippen molar-refractivity contribution >= 4 is 11.8 Å². The molecule has 3 aliphatic rings. The molecule has 4 heteroatoms. The zero-order valence-electron chi connectivity index (χ0n) is 15.0. The summed E-state index contributed by atoms with van der Waals surface area (Å²) < 4.78 is 11.5. The van der Waals surface area contributed by atoms with E-state index in [2.05, 4.69) is 26.5 Å². The number of fused-ring (bicyclic) bond motifs is 4. The molecule has 4 atom stereocenters. The summed E-state index contributed by atoms with van der Waals surface area (Å²) in [5, 5.41) is 0. The number of carbonyl (C=O) groups is 2. The lowest BCUT2D eigenvalue weighted by Crippen LogP contribution is -2.39. The number of allylic oxidation sites excluding steroid dienone is 2. The zero-order valence-corrected chi connectivity index (χ0v) is 15.0. The van der Waals surface area contributed by atoms with E-state index in [1.54, 1.807) is 6.92 Å². The summed E-state index contributed by atoms with van der Waals surface area (Å²) in [7, 11) is 0. The van der Waals surface area contributed by atoms with Gasteiger partial charge in [-0.2, -0.15) is 0 Å². The van der Waals surface area contributed by atoms with E-state index in [1.165, 1.54) is 5.57 Å². The van der Waals surface area contributed by atoms with Crippen LogP contribution in [-0.2, 0) is 19.1 Å². The first kappa shape index (κ1) is 17.4. The van der Waals surface area contributed by atoms with Crippen LogP contribution in [0.1, 0.15) is 65.7 Å². The van der Waals surface area contributed by atoms with Crippen molar-refractivity contribution in [3.63, 3.8) is 0 Å². The average molecular weight is 332 g/mol. The molecule has 0 saturated carbocycles. The molecule has 0 amide bonds. The molecule has 0 aromatic carbocycles. The summed E-state index contributed by atoms with van der Waals surface area (Å²) in [4.78, 5) is 25.1. The fraction of sp³-hybridized carbons (Fsp3) is 0.700. The highest BCUT2D eigenvalue weighted by atomic mass is 16.6. The highest BCUT2D eigenvalue weighted by Gasteiger charge is 2.53. The minimum atomic E-state index is -1.02. The van der Waals surface area contributed by atoms with Crippen LogP contribution in [0.4, 0.5) is 0 Å². The molecule has 0 radical (unpaired) electrons. The van der Waals surface area contributed by atoms with Gasteiger partial charge in [0.1, 0.15) is 0 Å². The van der Waals surface area contributed by atoms with E-state index < -0.39 is 11.6 Å². The molecule has 2 fully saturated rings. The van der Waals surface area contributed by atoms with Gasteiger partial charge in [0.15, 0.2) is 11.4 Å². The van der Waals surface area contributed by atoms with E-state index >= 15 is 0 Å². The third-order valence-corrected chi connectivity index (χ3v) is 6.05. The fourth-order valence-corrected chi connectivity index (χ4v) is 3.92. The van der Waals surface area contributed by atoms with Crippen LogP contribution in [0.2, 0.25) is 0 Å². The van der Waals surface area contributed by atoms with Crippen LogP contribution in [0.15, 0.2) is 23.8 Å². The first-order valence-electron chi connectivity index (χ1n) is 9.02. The Hall–Kier alpha value is -1.42. The highest BCUT2D eigenvalue weighted by molar-refractivity contribution is 5.94. The maximum Gasteiger partial charge on any atom is 0.334 e. The number of ketones is 1. The molecule has 24 heavy (non-hydrogen) atoms. The van der Waals surface area contributed by atoms with Crippen molar-refractivity contribution in [2.75, 3.05) is 0 Å². The number of ether oxygens (including phenoxy) is 2. The van der Waals surface area contributed by atoms with Crippen LogP contribution in [0.3, 0.4) is 0 Å². The second-order valence-corrected chi connectivity index (χ2v) is 8.05. The molecule has 1 unspecified atom stereocenters. The Labute approximate surface area is 144 Å². The molecule has 2 bridgehead atoms. The molecule has 0 spiro atoms. The predicted molar refractivity (Wildman–Crippen MR) is 91.5 cm³/mol. The minimum absolute atomic E-state index is 0.0154. The first-order valence-corrected chi connectivity index (χ1v) is 9.02. The van der Waals surface area contributed by atoms with Gasteiger partial charge in [-0.05, 0) is 65.2 Å². The Kier molecular flexibility index (Phi) is 4.45. The maximum absolute atomic E-state index is 12.7. The van der Waals surface area contributed by atoms with E-state index in [1.807, 2.05) is 0 Å². The number of rotatable bonds is 0. The SMILES string of the molecule is C=C1C(=O)O[C@]2(C)CC[C@@H]1C[C@@H]1OC1(C)CC/C=C(\C)CCC2=O. The molecule has 1 aliphatic carbocycles. The van der Waals surface area contributed by atoms with E-state index in [-0.39, 0.29) is 23.4 Å². The molecular weight excluding hydrogens is 304 g/mol. The van der Waals surface area contributed by atoms with Crippen molar-refractivity contribution in [1.82, 2.24) is 0 Å². The van der Waals surface area contributed by atoms with Gasteiger partial charge < -0.3 is 9.47 Å². The van der Waals surface area contributed by atoms with Crippen LogP contribution in [0, 0.1) is 5.92 Å². The van der Waals surface area contributed by atoms with Gasteiger partial charge in [-0.3, -0.25) is 4.79 Å². The van der Waals surface area contributed by atoms with E-state index in [0.29, 0.717) is 18.4 Å². The zero-order chi connectivity index (χ0) is 17.5. The third-order valence-electron chi connectivity index (χ3n) is 6.05. The number of Topliss-reactive ketones (excluding diaryl/α,β-unsaturated/α-hetero) is 1. The van der Waals surface area contributed by atoms with Gasteiger partial charge in [0.2, 0.25) is 0 Å². The van der Waals surface area contributed by atoms with E-state index in [4.69, 9.17) is 9.47 Å². The topological polar surface area (TPSA) is 55.9 Å². The molecule has 4 nitrogen and oxygen atoms in total. The second kappa shape index (κ2) is 6.14. The second-order valence-electron chi connectivity index (χ2n) is 8.05. The molecule has 0 aromatic heterocycles. The van der Waals surface area contributed by atoms with Crippen molar-refractivity contribution in [2.24, 2.45) is 5.92 Å². The number of carbonyl (C=O) groups excluding carboxylic acids is 2. The van der Waals surface area contributed by atoms with Crippen LogP contribution < -0.4 is 0 Å². The lowest BCUT2D eigenvalue weighted by atomic mass is 9.83. The molecule has 2 aliphatic heterocycles. The average Bonchev–Trinajstić information content (AvgIpc) is 3.18. The van der Waals surface area contributed by atoms with Crippen molar-refractivity contribution in [3.8, 4) is 0 Å². The Morgan fingerprint density at radius 1 is 1.21 bits per heavy atom. The van der Waals surface area contributed by atoms with Gasteiger partial charge in [0, 0.05) is 12.0 Å². The van der Waals surface area contributed by atoms with Crippen LogP contribution in [0.25, 0.3) is 0 Å². The molecule has 0 N–H and O–H groups in total. The van der Waals surface area contributed by atoms with Crippen LogP contribution in [0.5, 0.6) is 0 Å². The van der Waals surface area contributed by atoms with E-state index in [9.17, 15) is 9.59 Å². The molecule has 2 saturated heterocycles. The van der Waals surface area contributed by atoms with Crippen LogP contribution in [-0.4, -0.2) is 29.1 Å². The summed E-state index contributed by atoms with van der Waals surface area (Å²) in [6, 6.07) is 0. The van der Waals surface area contributed by atoms with Gasteiger partial charge in [-0.15, -0.1) is 0 Å². The van der Waals surface area contributed by atoms with Gasteiger partial charge in [-0.1, -0.05) is 18.2 Å². The van der Waals surface area contributed by atoms with Gasteiger partial charge >= 0.3 is 5.97 Å². The summed E-state index contributed by atoms with van der Waals surface area (Å²) in [5.41, 5.74) is 0.601. The monoisotopic (exact) mass is 332 g/mol. The summed E-state index contributed by atoms with van der Waals surface area (Å²) in [5.74, 6) is -0.362. The van der Waals surface area contributed by atoms with Crippen molar-refractivity contribution in [1.29, 1.82) is 0 Å². The largest absolute Gasteiger partial charge is 0.448 e. The van der Waals surface area contributed by atoms with Gasteiger partial charge in [0.25, 0.3) is 0 Å². The number of esters is 1. The van der Waals surface area contributed by atoms with Gasteiger partial charge in [-0.25, -0.2) is 4.79 Å². The Morgan fingerprint density at radius 3 is 2.71 bits per heavy atom. The van der Waals surface area contributed by atoms with Crippen molar-refractivity contribution < 1.29 is 19.1 Å². The fourth-order valence-electron chi connectivity index (χ4n) is 3.92. The summed E-state index contributed by atoms with van der Waals surface area (Å²) >= 11 is 0. The predicted octanol–water partition coefficient (Wildman–Crippen LogP) is 3.89. The molecule has 2 heterocycles. The normalized spacial score (nSPS) is 43.1. The quantitative estimate of drug-likeness (QED) is 0.292. The lowest BCUT2D eigenvalue weighted by Gasteiger charge is -2.26. The molecular formula is C20H28O4. The van der Waals surface area contributed by atoms with Gasteiger partial charge in [0.05, 0.1) is 11.7 Å². The minimum Gasteiger partial charge on any atom is -0.448 e.